The van der Waals surface area contributed by atoms with E-state index < -0.39 is 5.60 Å². The minimum absolute atomic E-state index is 0.529. The Kier molecular flexibility index (Phi) is 2.27. The summed E-state index contributed by atoms with van der Waals surface area (Å²) in [5.74, 6) is 0. The molecule has 1 aromatic rings. The van der Waals surface area contributed by atoms with Crippen LogP contribution >= 0.6 is 27.3 Å². The first kappa shape index (κ1) is 8.73. The summed E-state index contributed by atoms with van der Waals surface area (Å²) in [6.45, 7) is 0. The lowest BCUT2D eigenvalue weighted by Gasteiger charge is -2.21. The summed E-state index contributed by atoms with van der Waals surface area (Å²) in [7, 11) is 0. The third kappa shape index (κ3) is 1.34. The van der Waals surface area contributed by atoms with E-state index in [-0.39, 0.29) is 0 Å². The van der Waals surface area contributed by atoms with Gasteiger partial charge in [0.25, 0.3) is 0 Å². The predicted octanol–water partition coefficient (Wildman–Crippen LogP) is 3.27. The van der Waals surface area contributed by atoms with Gasteiger partial charge in [-0.1, -0.05) is 12.8 Å². The normalized spacial score (nSPS) is 21.5. The van der Waals surface area contributed by atoms with Gasteiger partial charge in [0.2, 0.25) is 0 Å². The second kappa shape index (κ2) is 3.13. The van der Waals surface area contributed by atoms with Crippen LogP contribution in [0.25, 0.3) is 0 Å². The summed E-state index contributed by atoms with van der Waals surface area (Å²) < 4.78 is 1.09. The minimum atomic E-state index is -0.529. The molecule has 1 N–H and O–H groups in total. The number of rotatable bonds is 1. The van der Waals surface area contributed by atoms with Crippen molar-refractivity contribution in [2.24, 2.45) is 0 Å². The highest BCUT2D eigenvalue weighted by molar-refractivity contribution is 9.11. The predicted molar refractivity (Wildman–Crippen MR) is 54.4 cm³/mol. The zero-order chi connectivity index (χ0) is 8.60. The number of thiophene rings is 1. The van der Waals surface area contributed by atoms with E-state index in [1.807, 2.05) is 11.4 Å². The Hall–Kier alpha value is 0.140. The van der Waals surface area contributed by atoms with Crippen LogP contribution in [0.1, 0.15) is 31.2 Å². The van der Waals surface area contributed by atoms with Gasteiger partial charge in [0, 0.05) is 5.56 Å². The van der Waals surface area contributed by atoms with Crippen LogP contribution < -0.4 is 0 Å². The molecule has 1 fully saturated rings. The molecule has 66 valence electrons. The molecule has 0 amide bonds. The molecule has 1 aromatic heterocycles. The second-order valence-electron chi connectivity index (χ2n) is 3.35. The van der Waals surface area contributed by atoms with Crippen molar-refractivity contribution in [1.82, 2.24) is 0 Å². The van der Waals surface area contributed by atoms with Crippen LogP contribution in [-0.4, -0.2) is 5.11 Å². The van der Waals surface area contributed by atoms with E-state index in [0.717, 1.165) is 35.0 Å². The molecule has 0 unspecified atom stereocenters. The van der Waals surface area contributed by atoms with Gasteiger partial charge in [0.1, 0.15) is 0 Å². The van der Waals surface area contributed by atoms with Gasteiger partial charge in [-0.2, -0.15) is 0 Å². The van der Waals surface area contributed by atoms with Crippen LogP contribution in [0.15, 0.2) is 15.2 Å². The quantitative estimate of drug-likeness (QED) is 0.807. The molecule has 1 nitrogen and oxygen atoms in total. The summed E-state index contributed by atoms with van der Waals surface area (Å²) in [5, 5.41) is 12.2. The Labute approximate surface area is 84.6 Å². The van der Waals surface area contributed by atoms with E-state index in [2.05, 4.69) is 15.9 Å². The van der Waals surface area contributed by atoms with Gasteiger partial charge >= 0.3 is 0 Å². The second-order valence-corrected chi connectivity index (χ2v) is 5.58. The van der Waals surface area contributed by atoms with Gasteiger partial charge in [-0.15, -0.1) is 11.3 Å². The van der Waals surface area contributed by atoms with E-state index in [1.54, 1.807) is 11.3 Å². The molecular weight excluding hydrogens is 236 g/mol. The fraction of sp³-hybridized carbons (Fsp3) is 0.556. The van der Waals surface area contributed by atoms with Crippen molar-refractivity contribution in [3.8, 4) is 0 Å². The number of halogens is 1. The molecule has 1 saturated carbocycles. The van der Waals surface area contributed by atoms with E-state index in [4.69, 9.17) is 0 Å². The average molecular weight is 247 g/mol. The summed E-state index contributed by atoms with van der Waals surface area (Å²) in [4.78, 5) is 0. The summed E-state index contributed by atoms with van der Waals surface area (Å²) in [5.41, 5.74) is 0.559. The van der Waals surface area contributed by atoms with Gasteiger partial charge in [0.05, 0.1) is 9.39 Å². The van der Waals surface area contributed by atoms with E-state index >= 15 is 0 Å². The first-order valence-corrected chi connectivity index (χ1v) is 5.85. The zero-order valence-corrected chi connectivity index (χ0v) is 9.12. The monoisotopic (exact) mass is 246 g/mol. The van der Waals surface area contributed by atoms with Crippen molar-refractivity contribution in [3.63, 3.8) is 0 Å². The fourth-order valence-corrected chi connectivity index (χ4v) is 3.39. The van der Waals surface area contributed by atoms with Crippen molar-refractivity contribution in [2.45, 2.75) is 31.3 Å². The third-order valence-electron chi connectivity index (χ3n) is 2.55. The van der Waals surface area contributed by atoms with Gasteiger partial charge in [-0.25, -0.2) is 0 Å². The van der Waals surface area contributed by atoms with Crippen LogP contribution in [-0.2, 0) is 5.60 Å². The first-order valence-electron chi connectivity index (χ1n) is 4.18. The van der Waals surface area contributed by atoms with Crippen molar-refractivity contribution in [3.05, 3.63) is 20.8 Å². The van der Waals surface area contributed by atoms with Crippen LogP contribution in [0.2, 0.25) is 0 Å². The van der Waals surface area contributed by atoms with Crippen molar-refractivity contribution >= 4 is 27.3 Å². The Bertz CT molecular complexity index is 276. The maximum absolute atomic E-state index is 10.2. The number of aliphatic hydroxyl groups is 1. The zero-order valence-electron chi connectivity index (χ0n) is 6.72. The molecule has 0 bridgehead atoms. The van der Waals surface area contributed by atoms with Crippen molar-refractivity contribution in [1.29, 1.82) is 0 Å². The molecule has 0 saturated heterocycles. The fourth-order valence-electron chi connectivity index (χ4n) is 1.86. The van der Waals surface area contributed by atoms with E-state index in [9.17, 15) is 5.11 Å². The van der Waals surface area contributed by atoms with Gasteiger partial charge in [-0.3, -0.25) is 0 Å². The molecule has 12 heavy (non-hydrogen) atoms. The molecule has 0 radical (unpaired) electrons. The van der Waals surface area contributed by atoms with Crippen LogP contribution in [0.5, 0.6) is 0 Å². The molecule has 3 heteroatoms. The Morgan fingerprint density at radius 3 is 2.58 bits per heavy atom. The van der Waals surface area contributed by atoms with Gasteiger partial charge in [-0.05, 0) is 40.2 Å². The molecule has 0 spiro atoms. The highest BCUT2D eigenvalue weighted by atomic mass is 79.9. The minimum Gasteiger partial charge on any atom is -0.385 e. The Morgan fingerprint density at radius 1 is 1.42 bits per heavy atom. The molecule has 0 aliphatic heterocycles. The lowest BCUT2D eigenvalue weighted by Crippen LogP contribution is -2.20. The van der Waals surface area contributed by atoms with Crippen LogP contribution in [0.4, 0.5) is 0 Å². The SMILES string of the molecule is OC1(c2ccsc2Br)CCCC1. The topological polar surface area (TPSA) is 20.2 Å². The van der Waals surface area contributed by atoms with Gasteiger partial charge < -0.3 is 5.11 Å². The molecule has 0 atom stereocenters. The maximum atomic E-state index is 10.2. The van der Waals surface area contributed by atoms with Crippen LogP contribution in [0, 0.1) is 0 Å². The average Bonchev–Trinajstić information content (AvgIpc) is 2.59. The molecule has 1 heterocycles. The summed E-state index contributed by atoms with van der Waals surface area (Å²) >= 11 is 5.12. The van der Waals surface area contributed by atoms with Crippen molar-refractivity contribution in [2.75, 3.05) is 0 Å². The maximum Gasteiger partial charge on any atom is 0.0915 e. The number of hydrogen-bond donors (Lipinski definition) is 1. The molecule has 1 aliphatic rings. The lowest BCUT2D eigenvalue weighted by atomic mass is 9.95. The first-order chi connectivity index (χ1) is 5.72. The van der Waals surface area contributed by atoms with Crippen LogP contribution in [0.3, 0.4) is 0 Å². The molecular formula is C9H11BrOS. The molecule has 2 rings (SSSR count). The summed E-state index contributed by atoms with van der Waals surface area (Å²) in [6.07, 6.45) is 4.14. The smallest absolute Gasteiger partial charge is 0.0915 e. The lowest BCUT2D eigenvalue weighted by molar-refractivity contribution is 0.0442. The third-order valence-corrected chi connectivity index (χ3v) is 4.24. The van der Waals surface area contributed by atoms with E-state index in [0.29, 0.717) is 0 Å². The summed E-state index contributed by atoms with van der Waals surface area (Å²) in [6, 6.07) is 2.03. The van der Waals surface area contributed by atoms with Crippen molar-refractivity contribution < 1.29 is 5.11 Å². The Balaban J connectivity index is 2.34. The molecule has 0 aromatic carbocycles. The van der Waals surface area contributed by atoms with Gasteiger partial charge in [0.15, 0.2) is 0 Å². The molecule has 1 aliphatic carbocycles. The highest BCUT2D eigenvalue weighted by Gasteiger charge is 2.34. The van der Waals surface area contributed by atoms with E-state index in [1.165, 1.54) is 0 Å². The standard InChI is InChI=1S/C9H11BrOS/c10-8-7(3-6-12-8)9(11)4-1-2-5-9/h3,6,11H,1-2,4-5H2. The highest BCUT2D eigenvalue weighted by Crippen LogP contribution is 2.43. The largest absolute Gasteiger partial charge is 0.385 e. The Morgan fingerprint density at radius 2 is 2.08 bits per heavy atom. The number of hydrogen-bond acceptors (Lipinski definition) is 2.